The zero-order chi connectivity index (χ0) is 15.8. The van der Waals surface area contributed by atoms with Crippen LogP contribution in [0.4, 0.5) is 0 Å². The number of carbonyl (C=O) groups excluding carboxylic acids is 1. The molecule has 1 aromatic carbocycles. The number of aryl methyl sites for hydroxylation is 1. The van der Waals surface area contributed by atoms with E-state index in [1.165, 1.54) is 7.11 Å². The second kappa shape index (κ2) is 8.87. The molecule has 21 heavy (non-hydrogen) atoms. The van der Waals surface area contributed by atoms with Crippen molar-refractivity contribution in [1.29, 1.82) is 0 Å². The molecule has 1 atom stereocenters. The molecule has 0 aliphatic rings. The minimum absolute atomic E-state index is 0.0442. The van der Waals surface area contributed by atoms with Crippen LogP contribution in [0.2, 0.25) is 10.0 Å². The Balaban J connectivity index is 2.30. The van der Waals surface area contributed by atoms with Crippen LogP contribution in [0.15, 0.2) is 18.2 Å². The van der Waals surface area contributed by atoms with Crippen molar-refractivity contribution in [2.75, 3.05) is 13.7 Å². The van der Waals surface area contributed by atoms with Crippen LogP contribution in [-0.2, 0) is 20.7 Å². The molecule has 0 aliphatic carbocycles. The molecule has 116 valence electrons. The number of ether oxygens (including phenoxy) is 1. The molecule has 1 rings (SSSR count). The molecular formula is C14H17Cl2NO4. The van der Waals surface area contributed by atoms with E-state index in [9.17, 15) is 9.59 Å². The quantitative estimate of drug-likeness (QED) is 0.766. The highest BCUT2D eigenvalue weighted by Crippen LogP contribution is 2.23. The second-order valence-electron chi connectivity index (χ2n) is 4.47. The zero-order valence-electron chi connectivity index (χ0n) is 11.6. The van der Waals surface area contributed by atoms with Crippen LogP contribution in [0.5, 0.6) is 0 Å². The number of halogens is 2. The van der Waals surface area contributed by atoms with Gasteiger partial charge in [-0.1, -0.05) is 29.3 Å². The molecule has 0 aliphatic heterocycles. The molecule has 0 spiro atoms. The van der Waals surface area contributed by atoms with Gasteiger partial charge in [-0.15, -0.1) is 0 Å². The second-order valence-corrected chi connectivity index (χ2v) is 5.28. The minimum atomic E-state index is -1.10. The maximum Gasteiger partial charge on any atom is 0.334 e. The first-order valence-electron chi connectivity index (χ1n) is 6.40. The van der Waals surface area contributed by atoms with Crippen molar-refractivity contribution in [2.45, 2.75) is 25.4 Å². The topological polar surface area (TPSA) is 75.6 Å². The molecule has 1 aromatic rings. The summed E-state index contributed by atoms with van der Waals surface area (Å²) in [6, 6.07) is 5.35. The highest BCUT2D eigenvalue weighted by atomic mass is 35.5. The van der Waals surface area contributed by atoms with Crippen LogP contribution in [0, 0.1) is 0 Å². The number of nitrogens with one attached hydrogen (secondary N) is 1. The van der Waals surface area contributed by atoms with Crippen molar-refractivity contribution in [3.63, 3.8) is 0 Å². The Morgan fingerprint density at radius 1 is 1.33 bits per heavy atom. The van der Waals surface area contributed by atoms with Crippen molar-refractivity contribution in [1.82, 2.24) is 5.32 Å². The molecule has 0 saturated heterocycles. The molecule has 0 aromatic heterocycles. The van der Waals surface area contributed by atoms with Crippen LogP contribution in [0.1, 0.15) is 18.4 Å². The Labute approximate surface area is 133 Å². The molecule has 7 heteroatoms. The van der Waals surface area contributed by atoms with Crippen LogP contribution >= 0.6 is 23.2 Å². The van der Waals surface area contributed by atoms with Gasteiger partial charge in [0, 0.05) is 13.5 Å². The summed E-state index contributed by atoms with van der Waals surface area (Å²) < 4.78 is 4.72. The Bertz CT molecular complexity index is 508. The third-order valence-corrected chi connectivity index (χ3v) is 3.64. The number of carbonyl (C=O) groups is 2. The van der Waals surface area contributed by atoms with Gasteiger partial charge < -0.3 is 15.2 Å². The van der Waals surface area contributed by atoms with E-state index in [4.69, 9.17) is 33.0 Å². The molecule has 1 amide bonds. The third-order valence-electron chi connectivity index (χ3n) is 2.90. The largest absolute Gasteiger partial charge is 0.479 e. The van der Waals surface area contributed by atoms with Gasteiger partial charge in [0.25, 0.3) is 0 Å². The van der Waals surface area contributed by atoms with Gasteiger partial charge in [-0.05, 0) is 30.5 Å². The van der Waals surface area contributed by atoms with Crippen molar-refractivity contribution in [3.8, 4) is 0 Å². The fraction of sp³-hybridized carbons (Fsp3) is 0.429. The summed E-state index contributed by atoms with van der Waals surface area (Å²) in [6.45, 7) is -0.0442. The number of hydrogen-bond acceptors (Lipinski definition) is 3. The lowest BCUT2D eigenvalue weighted by Crippen LogP contribution is -2.37. The summed E-state index contributed by atoms with van der Waals surface area (Å²) in [4.78, 5) is 22.3. The summed E-state index contributed by atoms with van der Waals surface area (Å²) in [5, 5.41) is 12.3. The molecule has 0 heterocycles. The van der Waals surface area contributed by atoms with E-state index in [1.807, 2.05) is 6.07 Å². The normalized spacial score (nSPS) is 12.0. The number of aliphatic carboxylic acids is 1. The van der Waals surface area contributed by atoms with Crippen LogP contribution in [-0.4, -0.2) is 36.7 Å². The van der Waals surface area contributed by atoms with Crippen LogP contribution < -0.4 is 5.32 Å². The van der Waals surface area contributed by atoms with Gasteiger partial charge in [-0.2, -0.15) is 0 Å². The van der Waals surface area contributed by atoms with Gasteiger partial charge in [-0.3, -0.25) is 4.79 Å². The summed E-state index contributed by atoms with van der Waals surface area (Å²) in [6.07, 6.45) is 0.603. The Morgan fingerprint density at radius 3 is 2.62 bits per heavy atom. The predicted molar refractivity (Wildman–Crippen MR) is 80.8 cm³/mol. The monoisotopic (exact) mass is 333 g/mol. The van der Waals surface area contributed by atoms with Gasteiger partial charge in [0.2, 0.25) is 5.91 Å². The average molecular weight is 334 g/mol. The lowest BCUT2D eigenvalue weighted by Gasteiger charge is -2.11. The van der Waals surface area contributed by atoms with E-state index in [0.717, 1.165) is 5.56 Å². The summed E-state index contributed by atoms with van der Waals surface area (Å²) >= 11 is 11.7. The zero-order valence-corrected chi connectivity index (χ0v) is 13.1. The first-order chi connectivity index (χ1) is 9.93. The standard InChI is InChI=1S/C14H17Cl2NO4/c1-21-12(14(19)20)8-17-13(18)4-2-3-9-5-6-10(15)11(16)7-9/h5-7,12H,2-4,8H2,1H3,(H,17,18)(H,19,20). The number of benzene rings is 1. The van der Waals surface area contributed by atoms with Gasteiger partial charge in [0.1, 0.15) is 0 Å². The smallest absolute Gasteiger partial charge is 0.334 e. The van der Waals surface area contributed by atoms with Gasteiger partial charge >= 0.3 is 5.97 Å². The van der Waals surface area contributed by atoms with E-state index in [-0.39, 0.29) is 12.5 Å². The van der Waals surface area contributed by atoms with E-state index < -0.39 is 12.1 Å². The Hall–Kier alpha value is -1.30. The fourth-order valence-electron chi connectivity index (χ4n) is 1.71. The first-order valence-corrected chi connectivity index (χ1v) is 7.16. The average Bonchev–Trinajstić information content (AvgIpc) is 2.43. The van der Waals surface area contributed by atoms with Gasteiger partial charge in [0.15, 0.2) is 6.10 Å². The molecule has 0 radical (unpaired) electrons. The number of carboxylic acid groups (broad SMARTS) is 1. The molecular weight excluding hydrogens is 317 g/mol. The number of carboxylic acids is 1. The lowest BCUT2D eigenvalue weighted by molar-refractivity contribution is -0.148. The Morgan fingerprint density at radius 2 is 2.05 bits per heavy atom. The first kappa shape index (κ1) is 17.8. The maximum atomic E-state index is 11.6. The number of rotatable bonds is 8. The predicted octanol–water partition coefficient (Wildman–Crippen LogP) is 2.53. The van der Waals surface area contributed by atoms with Crippen molar-refractivity contribution in [2.24, 2.45) is 0 Å². The lowest BCUT2D eigenvalue weighted by atomic mass is 10.1. The molecule has 0 bridgehead atoms. The van der Waals surface area contributed by atoms with E-state index in [2.05, 4.69) is 5.32 Å². The van der Waals surface area contributed by atoms with E-state index in [0.29, 0.717) is 29.3 Å². The van der Waals surface area contributed by atoms with Crippen molar-refractivity contribution >= 4 is 35.1 Å². The van der Waals surface area contributed by atoms with Gasteiger partial charge in [0.05, 0.1) is 16.6 Å². The van der Waals surface area contributed by atoms with Crippen molar-refractivity contribution in [3.05, 3.63) is 33.8 Å². The summed E-state index contributed by atoms with van der Waals surface area (Å²) in [5.74, 6) is -1.31. The number of methoxy groups -OCH3 is 1. The molecule has 0 fully saturated rings. The van der Waals surface area contributed by atoms with Crippen LogP contribution in [0.3, 0.4) is 0 Å². The Kier molecular flexibility index (Phi) is 7.50. The molecule has 1 unspecified atom stereocenters. The molecule has 0 saturated carbocycles. The summed E-state index contributed by atoms with van der Waals surface area (Å²) in [5.41, 5.74) is 0.998. The minimum Gasteiger partial charge on any atom is -0.479 e. The molecule has 5 nitrogen and oxygen atoms in total. The highest BCUT2D eigenvalue weighted by molar-refractivity contribution is 6.42. The van der Waals surface area contributed by atoms with Gasteiger partial charge in [-0.25, -0.2) is 4.79 Å². The number of amides is 1. The summed E-state index contributed by atoms with van der Waals surface area (Å²) in [7, 11) is 1.29. The SMILES string of the molecule is COC(CNC(=O)CCCc1ccc(Cl)c(Cl)c1)C(=O)O. The van der Waals surface area contributed by atoms with Crippen molar-refractivity contribution < 1.29 is 19.4 Å². The molecule has 2 N–H and O–H groups in total. The van der Waals surface area contributed by atoms with E-state index in [1.54, 1.807) is 12.1 Å². The fourth-order valence-corrected chi connectivity index (χ4v) is 2.04. The van der Waals surface area contributed by atoms with Crippen LogP contribution in [0.25, 0.3) is 0 Å². The highest BCUT2D eigenvalue weighted by Gasteiger charge is 2.16. The number of hydrogen-bond donors (Lipinski definition) is 2. The third kappa shape index (κ3) is 6.33. The van der Waals surface area contributed by atoms with E-state index >= 15 is 0 Å². The maximum absolute atomic E-state index is 11.6.